The normalized spacial score (nSPS) is 11.1. The second-order valence-electron chi connectivity index (χ2n) is 5.24. The van der Waals surface area contributed by atoms with Gasteiger partial charge < -0.3 is 5.32 Å². The Labute approximate surface area is 137 Å². The van der Waals surface area contributed by atoms with Gasteiger partial charge >= 0.3 is 0 Å². The first-order valence-corrected chi connectivity index (χ1v) is 7.72. The molecule has 0 aromatic heterocycles. The summed E-state index contributed by atoms with van der Waals surface area (Å²) >= 11 is 0. The van der Waals surface area contributed by atoms with E-state index in [1.807, 2.05) is 36.4 Å². The van der Waals surface area contributed by atoms with Crippen molar-refractivity contribution in [1.82, 2.24) is 0 Å². The van der Waals surface area contributed by atoms with Crippen molar-refractivity contribution in [2.45, 2.75) is 0 Å². The molecule has 0 bridgehead atoms. The maximum Gasteiger partial charge on any atom is 0.0384 e. The highest BCUT2D eigenvalue weighted by molar-refractivity contribution is 5.63. The van der Waals surface area contributed by atoms with E-state index in [9.17, 15) is 0 Å². The maximum atomic E-state index is 3.38. The topological polar surface area (TPSA) is 12.0 Å². The molecule has 0 fully saturated rings. The third-order valence-electron chi connectivity index (χ3n) is 3.46. The van der Waals surface area contributed by atoms with Crippen LogP contribution in [0.15, 0.2) is 97.1 Å². The van der Waals surface area contributed by atoms with Crippen LogP contribution in [-0.4, -0.2) is 0 Å². The standard InChI is InChI=1S/C22H19N/c1-3-9-19(10-4-1)11-7-8-12-20-15-17-22(18-16-20)23-21-13-5-2-6-14-21/h1-18,23H/b11-7+,12-8+. The van der Waals surface area contributed by atoms with Gasteiger partial charge in [0.15, 0.2) is 0 Å². The predicted octanol–water partition coefficient (Wildman–Crippen LogP) is 6.16. The number of para-hydroxylation sites is 1. The fourth-order valence-electron chi connectivity index (χ4n) is 2.26. The van der Waals surface area contributed by atoms with Crippen molar-refractivity contribution in [3.63, 3.8) is 0 Å². The number of anilines is 2. The van der Waals surface area contributed by atoms with E-state index in [0.717, 1.165) is 11.4 Å². The first kappa shape index (κ1) is 14.9. The smallest absolute Gasteiger partial charge is 0.0384 e. The summed E-state index contributed by atoms with van der Waals surface area (Å²) in [5.41, 5.74) is 4.58. The number of benzene rings is 3. The van der Waals surface area contributed by atoms with E-state index in [-0.39, 0.29) is 0 Å². The lowest BCUT2D eigenvalue weighted by Crippen LogP contribution is -1.88. The molecule has 1 heteroatoms. The Bertz CT molecular complexity index is 769. The second kappa shape index (κ2) is 7.81. The lowest BCUT2D eigenvalue weighted by molar-refractivity contribution is 1.54. The highest BCUT2D eigenvalue weighted by Crippen LogP contribution is 2.17. The zero-order valence-corrected chi connectivity index (χ0v) is 12.9. The summed E-state index contributed by atoms with van der Waals surface area (Å²) in [6.07, 6.45) is 8.33. The first-order chi connectivity index (χ1) is 11.4. The molecule has 0 saturated heterocycles. The summed E-state index contributed by atoms with van der Waals surface area (Å²) in [6.45, 7) is 0. The molecule has 0 heterocycles. The van der Waals surface area contributed by atoms with Gasteiger partial charge in [-0.1, -0.05) is 85.0 Å². The van der Waals surface area contributed by atoms with Gasteiger partial charge in [0.1, 0.15) is 0 Å². The predicted molar refractivity (Wildman–Crippen MR) is 101 cm³/mol. The number of hydrogen-bond donors (Lipinski definition) is 1. The van der Waals surface area contributed by atoms with E-state index in [4.69, 9.17) is 0 Å². The highest BCUT2D eigenvalue weighted by atomic mass is 14.9. The molecular formula is C22H19N. The Morgan fingerprint density at radius 2 is 0.957 bits per heavy atom. The fraction of sp³-hybridized carbons (Fsp3) is 0. The summed E-state index contributed by atoms with van der Waals surface area (Å²) in [6, 6.07) is 28.9. The first-order valence-electron chi connectivity index (χ1n) is 7.72. The van der Waals surface area contributed by atoms with Gasteiger partial charge in [0, 0.05) is 11.4 Å². The molecule has 112 valence electrons. The molecule has 3 aromatic rings. The van der Waals surface area contributed by atoms with E-state index >= 15 is 0 Å². The minimum absolute atomic E-state index is 1.09. The highest BCUT2D eigenvalue weighted by Gasteiger charge is 1.93. The molecule has 0 aliphatic carbocycles. The average molecular weight is 297 g/mol. The maximum absolute atomic E-state index is 3.38. The molecule has 0 spiro atoms. The molecule has 0 atom stereocenters. The second-order valence-corrected chi connectivity index (χ2v) is 5.24. The van der Waals surface area contributed by atoms with Gasteiger partial charge in [-0.3, -0.25) is 0 Å². The van der Waals surface area contributed by atoms with Crippen molar-refractivity contribution in [2.24, 2.45) is 0 Å². The number of hydrogen-bond acceptors (Lipinski definition) is 1. The minimum atomic E-state index is 1.09. The van der Waals surface area contributed by atoms with Gasteiger partial charge in [-0.15, -0.1) is 0 Å². The molecule has 0 amide bonds. The molecule has 0 radical (unpaired) electrons. The number of nitrogens with one attached hydrogen (secondary N) is 1. The molecule has 23 heavy (non-hydrogen) atoms. The molecular weight excluding hydrogens is 278 g/mol. The Morgan fingerprint density at radius 3 is 1.57 bits per heavy atom. The summed E-state index contributed by atoms with van der Waals surface area (Å²) in [5, 5.41) is 3.38. The van der Waals surface area contributed by atoms with E-state index in [2.05, 4.69) is 78.2 Å². The van der Waals surface area contributed by atoms with Crippen LogP contribution in [0.25, 0.3) is 12.2 Å². The van der Waals surface area contributed by atoms with E-state index in [1.165, 1.54) is 11.1 Å². The molecule has 1 N–H and O–H groups in total. The molecule has 0 unspecified atom stereocenters. The summed E-state index contributed by atoms with van der Waals surface area (Å²) in [5.74, 6) is 0. The van der Waals surface area contributed by atoms with Crippen LogP contribution < -0.4 is 5.32 Å². The Hall–Kier alpha value is -3.06. The third-order valence-corrected chi connectivity index (χ3v) is 3.46. The summed E-state index contributed by atoms with van der Waals surface area (Å²) in [4.78, 5) is 0. The monoisotopic (exact) mass is 297 g/mol. The molecule has 3 aromatic carbocycles. The van der Waals surface area contributed by atoms with Crippen molar-refractivity contribution in [2.75, 3.05) is 5.32 Å². The largest absolute Gasteiger partial charge is 0.356 e. The van der Waals surface area contributed by atoms with Crippen molar-refractivity contribution >= 4 is 23.5 Å². The summed E-state index contributed by atoms with van der Waals surface area (Å²) < 4.78 is 0. The van der Waals surface area contributed by atoms with Crippen molar-refractivity contribution in [3.8, 4) is 0 Å². The van der Waals surface area contributed by atoms with Gasteiger partial charge in [0.2, 0.25) is 0 Å². The van der Waals surface area contributed by atoms with Crippen LogP contribution in [0, 0.1) is 0 Å². The van der Waals surface area contributed by atoms with Gasteiger partial charge in [-0.05, 0) is 35.4 Å². The zero-order chi connectivity index (χ0) is 15.7. The van der Waals surface area contributed by atoms with Crippen LogP contribution in [0.2, 0.25) is 0 Å². The van der Waals surface area contributed by atoms with Gasteiger partial charge in [-0.2, -0.15) is 0 Å². The van der Waals surface area contributed by atoms with Crippen LogP contribution >= 0.6 is 0 Å². The van der Waals surface area contributed by atoms with Crippen LogP contribution in [0.5, 0.6) is 0 Å². The fourth-order valence-corrected chi connectivity index (χ4v) is 2.26. The lowest BCUT2D eigenvalue weighted by atomic mass is 10.1. The molecule has 1 nitrogen and oxygen atoms in total. The van der Waals surface area contributed by atoms with E-state index in [1.54, 1.807) is 0 Å². The number of allylic oxidation sites excluding steroid dienone is 2. The van der Waals surface area contributed by atoms with Gasteiger partial charge in [0.25, 0.3) is 0 Å². The van der Waals surface area contributed by atoms with Gasteiger partial charge in [0.05, 0.1) is 0 Å². The Balaban J connectivity index is 1.59. The number of rotatable bonds is 5. The molecule has 0 saturated carbocycles. The summed E-state index contributed by atoms with van der Waals surface area (Å²) in [7, 11) is 0. The van der Waals surface area contributed by atoms with Crippen molar-refractivity contribution in [3.05, 3.63) is 108 Å². The van der Waals surface area contributed by atoms with Crippen molar-refractivity contribution in [1.29, 1.82) is 0 Å². The minimum Gasteiger partial charge on any atom is -0.356 e. The zero-order valence-electron chi connectivity index (χ0n) is 12.9. The quantitative estimate of drug-likeness (QED) is 0.556. The van der Waals surface area contributed by atoms with Crippen LogP contribution in [0.3, 0.4) is 0 Å². The van der Waals surface area contributed by atoms with Crippen LogP contribution in [0.1, 0.15) is 11.1 Å². The van der Waals surface area contributed by atoms with Crippen LogP contribution in [-0.2, 0) is 0 Å². The van der Waals surface area contributed by atoms with Crippen LogP contribution in [0.4, 0.5) is 11.4 Å². The van der Waals surface area contributed by atoms with Crippen molar-refractivity contribution < 1.29 is 0 Å². The Kier molecular flexibility index (Phi) is 5.04. The molecule has 3 rings (SSSR count). The third kappa shape index (κ3) is 4.72. The van der Waals surface area contributed by atoms with Gasteiger partial charge in [-0.25, -0.2) is 0 Å². The molecule has 0 aliphatic rings. The molecule has 0 aliphatic heterocycles. The Morgan fingerprint density at radius 1 is 0.478 bits per heavy atom. The average Bonchev–Trinajstić information content (AvgIpc) is 2.62. The van der Waals surface area contributed by atoms with E-state index < -0.39 is 0 Å². The van der Waals surface area contributed by atoms with E-state index in [0.29, 0.717) is 0 Å². The lowest BCUT2D eigenvalue weighted by Gasteiger charge is -2.06. The SMILES string of the molecule is C(/C=C/c1ccc(Nc2ccccc2)cc1)=C\c1ccccc1.